The van der Waals surface area contributed by atoms with E-state index in [1.54, 1.807) is 12.3 Å². The van der Waals surface area contributed by atoms with Gasteiger partial charge in [0.2, 0.25) is 5.91 Å². The fourth-order valence-corrected chi connectivity index (χ4v) is 2.41. The van der Waals surface area contributed by atoms with Gasteiger partial charge in [-0.25, -0.2) is 4.98 Å². The van der Waals surface area contributed by atoms with E-state index in [0.29, 0.717) is 5.82 Å². The number of aryl methyl sites for hydroxylation is 1. The van der Waals surface area contributed by atoms with E-state index < -0.39 is 0 Å². The van der Waals surface area contributed by atoms with Crippen LogP contribution < -0.4 is 10.1 Å². The summed E-state index contributed by atoms with van der Waals surface area (Å²) in [4.78, 5) is 16.2. The molecule has 4 nitrogen and oxygen atoms in total. The largest absolute Gasteiger partial charge is 0.491 e. The number of anilines is 1. The van der Waals surface area contributed by atoms with Crippen molar-refractivity contribution in [3.05, 3.63) is 58.2 Å². The second kappa shape index (κ2) is 7.92. The van der Waals surface area contributed by atoms with Gasteiger partial charge in [-0.15, -0.1) is 0 Å². The van der Waals surface area contributed by atoms with Crippen molar-refractivity contribution >= 4 is 33.7 Å². The molecule has 0 radical (unpaired) electrons. The molecule has 0 aliphatic heterocycles. The van der Waals surface area contributed by atoms with Gasteiger partial charge in [-0.2, -0.15) is 0 Å². The molecule has 23 heavy (non-hydrogen) atoms. The van der Waals surface area contributed by atoms with Gasteiger partial charge >= 0.3 is 0 Å². The quantitative estimate of drug-likeness (QED) is 0.778. The Bertz CT molecular complexity index is 727. The number of carbonyl (C=O) groups is 1. The third kappa shape index (κ3) is 5.53. The first-order valence-corrected chi connectivity index (χ1v) is 8.11. The van der Waals surface area contributed by atoms with Crippen LogP contribution in [0.1, 0.15) is 25.0 Å². The third-order valence-corrected chi connectivity index (χ3v) is 3.38. The van der Waals surface area contributed by atoms with Crippen molar-refractivity contribution in [2.24, 2.45) is 0 Å². The van der Waals surface area contributed by atoms with E-state index in [4.69, 9.17) is 4.74 Å². The van der Waals surface area contributed by atoms with Crippen molar-refractivity contribution in [1.29, 1.82) is 0 Å². The molecule has 0 saturated heterocycles. The molecule has 2 aromatic rings. The van der Waals surface area contributed by atoms with Crippen molar-refractivity contribution in [2.45, 2.75) is 26.9 Å². The van der Waals surface area contributed by atoms with Crippen LogP contribution in [0.25, 0.3) is 6.08 Å². The monoisotopic (exact) mass is 374 g/mol. The zero-order valence-electron chi connectivity index (χ0n) is 13.3. The van der Waals surface area contributed by atoms with Crippen LogP contribution in [0.15, 0.2) is 47.1 Å². The van der Waals surface area contributed by atoms with Gasteiger partial charge in [-0.3, -0.25) is 4.79 Å². The molecule has 5 heteroatoms. The number of aromatic nitrogens is 1. The Kier molecular flexibility index (Phi) is 5.93. The summed E-state index contributed by atoms with van der Waals surface area (Å²) in [5, 5.41) is 2.77. The fourth-order valence-electron chi connectivity index (χ4n) is 1.97. The molecule has 2 rings (SSSR count). The lowest BCUT2D eigenvalue weighted by molar-refractivity contribution is -0.111. The molecule has 1 aromatic heterocycles. The molecule has 1 heterocycles. The lowest BCUT2D eigenvalue weighted by Gasteiger charge is -2.09. The van der Waals surface area contributed by atoms with Crippen LogP contribution in [0.2, 0.25) is 0 Å². The summed E-state index contributed by atoms with van der Waals surface area (Å²) in [5.41, 5.74) is 1.80. The third-order valence-electron chi connectivity index (χ3n) is 2.94. The fraction of sp³-hybridized carbons (Fsp3) is 0.222. The number of nitrogens with zero attached hydrogens (tertiary/aromatic N) is 1. The molecule has 0 atom stereocenters. The predicted octanol–water partition coefficient (Wildman–Crippen LogP) is 4.59. The van der Waals surface area contributed by atoms with E-state index in [-0.39, 0.29) is 12.0 Å². The van der Waals surface area contributed by atoms with Crippen molar-refractivity contribution < 1.29 is 9.53 Å². The molecular formula is C18H19BrN2O2. The van der Waals surface area contributed by atoms with E-state index in [9.17, 15) is 4.79 Å². The summed E-state index contributed by atoms with van der Waals surface area (Å²) in [6.07, 6.45) is 5.00. The number of carbonyl (C=O) groups excluding carboxylic acids is 1. The minimum absolute atomic E-state index is 0.115. The average molecular weight is 375 g/mol. The molecule has 1 N–H and O–H groups in total. The van der Waals surface area contributed by atoms with Crippen LogP contribution in [-0.2, 0) is 4.79 Å². The number of amides is 1. The standard InChI is InChI=1S/C18H19BrN2O2/c1-12(2)23-16-6-4-5-14(10-16)7-8-17(22)21-18-13(3)9-15(19)11-20-18/h4-12H,1-3H3,(H,20,21,22)/b8-7+. The first kappa shape index (κ1) is 17.2. The number of benzene rings is 1. The molecule has 120 valence electrons. The van der Waals surface area contributed by atoms with Crippen LogP contribution in [0.5, 0.6) is 5.75 Å². The van der Waals surface area contributed by atoms with Crippen LogP contribution in [0.3, 0.4) is 0 Å². The smallest absolute Gasteiger partial charge is 0.249 e. The van der Waals surface area contributed by atoms with Gasteiger partial charge < -0.3 is 10.1 Å². The van der Waals surface area contributed by atoms with Gasteiger partial charge in [-0.05, 0) is 72.1 Å². The number of pyridine rings is 1. The van der Waals surface area contributed by atoms with Crippen molar-refractivity contribution in [1.82, 2.24) is 4.98 Å². The lowest BCUT2D eigenvalue weighted by Crippen LogP contribution is -2.10. The number of ether oxygens (including phenoxy) is 1. The molecule has 1 aromatic carbocycles. The number of nitrogens with one attached hydrogen (secondary N) is 1. The Morgan fingerprint density at radius 3 is 2.83 bits per heavy atom. The Morgan fingerprint density at radius 2 is 2.13 bits per heavy atom. The highest BCUT2D eigenvalue weighted by molar-refractivity contribution is 9.10. The van der Waals surface area contributed by atoms with Crippen molar-refractivity contribution in [3.63, 3.8) is 0 Å². The van der Waals surface area contributed by atoms with Crippen LogP contribution in [-0.4, -0.2) is 17.0 Å². The van der Waals surface area contributed by atoms with Gasteiger partial charge in [0, 0.05) is 16.7 Å². The zero-order chi connectivity index (χ0) is 16.8. The Balaban J connectivity index is 2.03. The summed E-state index contributed by atoms with van der Waals surface area (Å²) in [6.45, 7) is 5.84. The SMILES string of the molecule is Cc1cc(Br)cnc1NC(=O)/C=C/c1cccc(OC(C)C)c1. The van der Waals surface area contributed by atoms with Gasteiger partial charge in [0.25, 0.3) is 0 Å². The lowest BCUT2D eigenvalue weighted by atomic mass is 10.2. The maximum absolute atomic E-state index is 12.0. The summed E-state index contributed by atoms with van der Waals surface area (Å²) < 4.78 is 6.52. The molecule has 0 bridgehead atoms. The van der Waals surface area contributed by atoms with E-state index in [1.807, 2.05) is 51.1 Å². The number of rotatable bonds is 5. The highest BCUT2D eigenvalue weighted by atomic mass is 79.9. The maximum atomic E-state index is 12.0. The van der Waals surface area contributed by atoms with Crippen molar-refractivity contribution in [2.75, 3.05) is 5.32 Å². The van der Waals surface area contributed by atoms with Gasteiger partial charge in [0.1, 0.15) is 11.6 Å². The second-order valence-corrected chi connectivity index (χ2v) is 6.30. The summed E-state index contributed by atoms with van der Waals surface area (Å²) >= 11 is 3.35. The van der Waals surface area contributed by atoms with Gasteiger partial charge in [0.15, 0.2) is 0 Å². The first-order chi connectivity index (χ1) is 10.9. The molecule has 0 aliphatic rings. The molecular weight excluding hydrogens is 356 g/mol. The minimum Gasteiger partial charge on any atom is -0.491 e. The zero-order valence-corrected chi connectivity index (χ0v) is 14.9. The first-order valence-electron chi connectivity index (χ1n) is 7.32. The van der Waals surface area contributed by atoms with E-state index in [0.717, 1.165) is 21.3 Å². The minimum atomic E-state index is -0.224. The summed E-state index contributed by atoms with van der Waals surface area (Å²) in [7, 11) is 0. The van der Waals surface area contributed by atoms with Crippen LogP contribution in [0.4, 0.5) is 5.82 Å². The van der Waals surface area contributed by atoms with Gasteiger partial charge in [-0.1, -0.05) is 12.1 Å². The highest BCUT2D eigenvalue weighted by Crippen LogP contribution is 2.18. The van der Waals surface area contributed by atoms with E-state index in [2.05, 4.69) is 26.2 Å². The Morgan fingerprint density at radius 1 is 1.35 bits per heavy atom. The molecule has 0 unspecified atom stereocenters. The Labute approximate surface area is 144 Å². The molecule has 0 fully saturated rings. The second-order valence-electron chi connectivity index (χ2n) is 5.38. The highest BCUT2D eigenvalue weighted by Gasteiger charge is 2.04. The predicted molar refractivity (Wildman–Crippen MR) is 96.5 cm³/mol. The number of halogens is 1. The average Bonchev–Trinajstić information content (AvgIpc) is 2.48. The molecule has 0 spiro atoms. The van der Waals surface area contributed by atoms with E-state index >= 15 is 0 Å². The molecule has 1 amide bonds. The van der Waals surface area contributed by atoms with Crippen molar-refractivity contribution in [3.8, 4) is 5.75 Å². The van der Waals surface area contributed by atoms with E-state index in [1.165, 1.54) is 6.08 Å². The summed E-state index contributed by atoms with van der Waals surface area (Å²) in [6, 6.07) is 9.51. The maximum Gasteiger partial charge on any atom is 0.249 e. The van der Waals surface area contributed by atoms with Gasteiger partial charge in [0.05, 0.1) is 6.10 Å². The van der Waals surface area contributed by atoms with Crippen LogP contribution in [0, 0.1) is 6.92 Å². The normalized spacial score (nSPS) is 11.0. The number of hydrogen-bond acceptors (Lipinski definition) is 3. The molecule has 0 saturated carbocycles. The Hall–Kier alpha value is -2.14. The molecule has 0 aliphatic carbocycles. The van der Waals surface area contributed by atoms with Crippen LogP contribution >= 0.6 is 15.9 Å². The number of hydrogen-bond donors (Lipinski definition) is 1. The topological polar surface area (TPSA) is 51.2 Å². The summed E-state index contributed by atoms with van der Waals surface area (Å²) in [5.74, 6) is 1.12.